The molecule has 1 fully saturated rings. The Hall–Kier alpha value is -1.20. The molecule has 0 radical (unpaired) electrons. The van der Waals surface area contributed by atoms with Crippen LogP contribution >= 0.6 is 11.8 Å². The highest BCUT2D eigenvalue weighted by Crippen LogP contribution is 2.21. The summed E-state index contributed by atoms with van der Waals surface area (Å²) in [5.74, 6) is 1.42. The number of hydrogen-bond acceptors (Lipinski definition) is 4. The summed E-state index contributed by atoms with van der Waals surface area (Å²) in [7, 11) is 1.65. The maximum atomic E-state index is 11.9. The minimum absolute atomic E-state index is 0.113. The molecule has 0 bridgehead atoms. The summed E-state index contributed by atoms with van der Waals surface area (Å²) < 4.78 is 5.13. The van der Waals surface area contributed by atoms with Crippen molar-refractivity contribution >= 4 is 17.7 Å². The van der Waals surface area contributed by atoms with E-state index in [0.29, 0.717) is 5.75 Å². The van der Waals surface area contributed by atoms with Crippen LogP contribution in [0.1, 0.15) is 39.0 Å². The van der Waals surface area contributed by atoms with E-state index in [1.54, 1.807) is 18.9 Å². The Morgan fingerprint density at radius 2 is 2.12 bits per heavy atom. The molecular formula is C19H30N2O2S. The Kier molecular flexibility index (Phi) is 8.47. The fourth-order valence-electron chi connectivity index (χ4n) is 3.20. The number of methoxy groups -OCH3 is 1. The summed E-state index contributed by atoms with van der Waals surface area (Å²) in [5, 5.41) is 3.04. The van der Waals surface area contributed by atoms with Gasteiger partial charge in [-0.15, -0.1) is 11.8 Å². The van der Waals surface area contributed by atoms with Gasteiger partial charge in [0, 0.05) is 24.0 Å². The van der Waals surface area contributed by atoms with E-state index in [4.69, 9.17) is 4.74 Å². The van der Waals surface area contributed by atoms with Crippen LogP contribution in [-0.2, 0) is 4.79 Å². The Labute approximate surface area is 150 Å². The van der Waals surface area contributed by atoms with Gasteiger partial charge in [0.2, 0.25) is 5.91 Å². The van der Waals surface area contributed by atoms with Gasteiger partial charge < -0.3 is 15.0 Å². The van der Waals surface area contributed by atoms with Gasteiger partial charge in [-0.2, -0.15) is 0 Å². The van der Waals surface area contributed by atoms with Gasteiger partial charge in [-0.05, 0) is 56.5 Å². The quantitative estimate of drug-likeness (QED) is 0.546. The molecule has 0 aliphatic carbocycles. The smallest absolute Gasteiger partial charge is 0.230 e. The van der Waals surface area contributed by atoms with Crippen LogP contribution in [0.3, 0.4) is 0 Å². The number of carbonyl (C=O) groups is 1. The highest BCUT2D eigenvalue weighted by atomic mass is 32.2. The molecule has 0 spiro atoms. The van der Waals surface area contributed by atoms with Crippen molar-refractivity contribution in [2.24, 2.45) is 0 Å². The van der Waals surface area contributed by atoms with Crippen LogP contribution in [0.5, 0.6) is 5.75 Å². The molecule has 0 aromatic heterocycles. The lowest BCUT2D eigenvalue weighted by atomic mass is 10.00. The fourth-order valence-corrected chi connectivity index (χ4v) is 3.93. The monoisotopic (exact) mass is 350 g/mol. The average molecular weight is 351 g/mol. The largest absolute Gasteiger partial charge is 0.497 e. The fraction of sp³-hybridized carbons (Fsp3) is 0.632. The Bertz CT molecular complexity index is 493. The lowest BCUT2D eigenvalue weighted by molar-refractivity contribution is -0.118. The standard InChI is InChI=1S/C19H30N2O2S/c1-3-16-7-4-5-13-21(16)14-6-12-20-19(22)15-24-18-10-8-17(23-2)9-11-18/h8-11,16H,3-7,12-15H2,1-2H3,(H,20,22)/t16-/m0/s1. The average Bonchev–Trinajstić information content (AvgIpc) is 2.64. The summed E-state index contributed by atoms with van der Waals surface area (Å²) in [6, 6.07) is 8.56. The predicted molar refractivity (Wildman–Crippen MR) is 101 cm³/mol. The minimum atomic E-state index is 0.113. The molecule has 1 aliphatic heterocycles. The number of nitrogens with zero attached hydrogens (tertiary/aromatic N) is 1. The van der Waals surface area contributed by atoms with Crippen LogP contribution in [0.2, 0.25) is 0 Å². The van der Waals surface area contributed by atoms with Crippen molar-refractivity contribution in [2.45, 2.75) is 50.0 Å². The summed E-state index contributed by atoms with van der Waals surface area (Å²) >= 11 is 1.56. The van der Waals surface area contributed by atoms with E-state index in [1.807, 2.05) is 24.3 Å². The van der Waals surface area contributed by atoms with Crippen LogP contribution < -0.4 is 10.1 Å². The number of benzene rings is 1. The van der Waals surface area contributed by atoms with Gasteiger partial charge in [-0.25, -0.2) is 0 Å². The van der Waals surface area contributed by atoms with E-state index in [2.05, 4.69) is 17.1 Å². The van der Waals surface area contributed by atoms with Crippen LogP contribution in [0.4, 0.5) is 0 Å². The zero-order valence-electron chi connectivity index (χ0n) is 14.9. The molecule has 0 saturated carbocycles. The molecule has 4 nitrogen and oxygen atoms in total. The third-order valence-electron chi connectivity index (χ3n) is 4.59. The second-order valence-electron chi connectivity index (χ2n) is 6.26. The molecule has 24 heavy (non-hydrogen) atoms. The van der Waals surface area contributed by atoms with Gasteiger partial charge in [-0.1, -0.05) is 13.3 Å². The first-order valence-corrected chi connectivity index (χ1v) is 9.99. The molecule has 134 valence electrons. The molecule has 5 heteroatoms. The lowest BCUT2D eigenvalue weighted by Crippen LogP contribution is -2.40. The highest BCUT2D eigenvalue weighted by molar-refractivity contribution is 8.00. The maximum absolute atomic E-state index is 11.9. The highest BCUT2D eigenvalue weighted by Gasteiger charge is 2.19. The third-order valence-corrected chi connectivity index (χ3v) is 5.61. The van der Waals surface area contributed by atoms with E-state index < -0.39 is 0 Å². The van der Waals surface area contributed by atoms with Crippen molar-refractivity contribution in [3.8, 4) is 5.75 Å². The van der Waals surface area contributed by atoms with Crippen molar-refractivity contribution in [2.75, 3.05) is 32.5 Å². The number of ether oxygens (including phenoxy) is 1. The molecule has 0 unspecified atom stereocenters. The Morgan fingerprint density at radius 1 is 1.33 bits per heavy atom. The molecule has 2 rings (SSSR count). The molecule has 1 saturated heterocycles. The number of carbonyl (C=O) groups excluding carboxylic acids is 1. The molecule has 1 atom stereocenters. The topological polar surface area (TPSA) is 41.6 Å². The molecular weight excluding hydrogens is 320 g/mol. The number of hydrogen-bond donors (Lipinski definition) is 1. The van der Waals surface area contributed by atoms with Crippen molar-refractivity contribution in [1.29, 1.82) is 0 Å². The number of rotatable bonds is 9. The molecule has 1 aliphatic rings. The first-order valence-electron chi connectivity index (χ1n) is 9.00. The van der Waals surface area contributed by atoms with Crippen molar-refractivity contribution < 1.29 is 9.53 Å². The number of nitrogens with one attached hydrogen (secondary N) is 1. The molecule has 1 aromatic carbocycles. The van der Waals surface area contributed by atoms with Crippen molar-refractivity contribution in [3.05, 3.63) is 24.3 Å². The number of piperidine rings is 1. The van der Waals surface area contributed by atoms with Crippen molar-refractivity contribution in [1.82, 2.24) is 10.2 Å². The van der Waals surface area contributed by atoms with E-state index in [0.717, 1.165) is 36.2 Å². The first kappa shape index (κ1) is 19.1. The third kappa shape index (κ3) is 6.36. The normalized spacial score (nSPS) is 18.3. The summed E-state index contributed by atoms with van der Waals surface area (Å²) in [4.78, 5) is 15.6. The number of likely N-dealkylation sites (tertiary alicyclic amines) is 1. The van der Waals surface area contributed by atoms with Crippen LogP contribution in [0.25, 0.3) is 0 Å². The Morgan fingerprint density at radius 3 is 2.83 bits per heavy atom. The van der Waals surface area contributed by atoms with Gasteiger partial charge in [0.15, 0.2) is 0 Å². The predicted octanol–water partition coefficient (Wildman–Crippen LogP) is 3.56. The maximum Gasteiger partial charge on any atom is 0.230 e. The van der Waals surface area contributed by atoms with Gasteiger partial charge in [0.25, 0.3) is 0 Å². The SMILES string of the molecule is CC[C@H]1CCCCN1CCCNC(=O)CSc1ccc(OC)cc1. The van der Waals surface area contributed by atoms with E-state index >= 15 is 0 Å². The van der Waals surface area contributed by atoms with Crippen LogP contribution in [-0.4, -0.2) is 49.3 Å². The summed E-state index contributed by atoms with van der Waals surface area (Å²) in [6.45, 7) is 5.38. The first-order chi connectivity index (χ1) is 11.7. The van der Waals surface area contributed by atoms with Gasteiger partial charge in [0.05, 0.1) is 12.9 Å². The second-order valence-corrected chi connectivity index (χ2v) is 7.31. The van der Waals surface area contributed by atoms with Gasteiger partial charge in [-0.3, -0.25) is 4.79 Å². The molecule has 1 aromatic rings. The molecule has 1 heterocycles. The number of amides is 1. The van der Waals surface area contributed by atoms with E-state index in [1.165, 1.54) is 32.2 Å². The zero-order valence-corrected chi connectivity index (χ0v) is 15.7. The van der Waals surface area contributed by atoms with Crippen LogP contribution in [0, 0.1) is 0 Å². The summed E-state index contributed by atoms with van der Waals surface area (Å²) in [5.41, 5.74) is 0. The van der Waals surface area contributed by atoms with E-state index in [9.17, 15) is 4.79 Å². The molecule has 1 N–H and O–H groups in total. The Balaban J connectivity index is 1.59. The van der Waals surface area contributed by atoms with Crippen molar-refractivity contribution in [3.63, 3.8) is 0 Å². The zero-order chi connectivity index (χ0) is 17.2. The van der Waals surface area contributed by atoms with E-state index in [-0.39, 0.29) is 5.91 Å². The lowest BCUT2D eigenvalue weighted by Gasteiger charge is -2.35. The van der Waals surface area contributed by atoms with Gasteiger partial charge in [0.1, 0.15) is 5.75 Å². The van der Waals surface area contributed by atoms with Gasteiger partial charge >= 0.3 is 0 Å². The second kappa shape index (κ2) is 10.6. The number of thioether (sulfide) groups is 1. The summed E-state index contributed by atoms with van der Waals surface area (Å²) in [6.07, 6.45) is 6.30. The minimum Gasteiger partial charge on any atom is -0.497 e. The van der Waals surface area contributed by atoms with Crippen LogP contribution in [0.15, 0.2) is 29.2 Å². The molecule has 1 amide bonds.